The van der Waals surface area contributed by atoms with Gasteiger partial charge in [0.05, 0.1) is 12.0 Å². The first-order valence-electron chi connectivity index (χ1n) is 6.24. The summed E-state index contributed by atoms with van der Waals surface area (Å²) in [6.07, 6.45) is 1.10. The molecule has 0 saturated carbocycles. The van der Waals surface area contributed by atoms with Crippen LogP contribution in [0, 0.1) is 0 Å². The molecular weight excluding hydrogens is 264 g/mol. The molecule has 0 spiro atoms. The second-order valence-corrected chi connectivity index (χ2v) is 5.10. The standard InChI is InChI=1S/C14H13ClN2O2/c15-10-4-2-9(3-5-10)13(19)11-8-12(18)17-7-1-6-16-14(11)17/h2-5,16H,1,6-8H2. The van der Waals surface area contributed by atoms with E-state index in [-0.39, 0.29) is 18.1 Å². The van der Waals surface area contributed by atoms with E-state index in [0.29, 0.717) is 28.5 Å². The van der Waals surface area contributed by atoms with Crippen LogP contribution in [0.15, 0.2) is 35.7 Å². The van der Waals surface area contributed by atoms with Gasteiger partial charge in [-0.15, -0.1) is 0 Å². The number of fused-ring (bicyclic) bond motifs is 1. The van der Waals surface area contributed by atoms with Crippen LogP contribution in [0.25, 0.3) is 0 Å². The highest BCUT2D eigenvalue weighted by atomic mass is 35.5. The number of Topliss-reactive ketones (excluding diaryl/α,β-unsaturated/α-hetero) is 1. The van der Waals surface area contributed by atoms with Crippen molar-refractivity contribution in [1.29, 1.82) is 0 Å². The van der Waals surface area contributed by atoms with E-state index in [2.05, 4.69) is 5.32 Å². The number of hydrogen-bond acceptors (Lipinski definition) is 3. The highest BCUT2D eigenvalue weighted by molar-refractivity contribution is 6.30. The van der Waals surface area contributed by atoms with Crippen molar-refractivity contribution in [3.8, 4) is 0 Å². The summed E-state index contributed by atoms with van der Waals surface area (Å²) in [4.78, 5) is 26.0. The van der Waals surface area contributed by atoms with Gasteiger partial charge in [-0.05, 0) is 30.7 Å². The monoisotopic (exact) mass is 276 g/mol. The molecule has 98 valence electrons. The first kappa shape index (κ1) is 12.2. The molecule has 0 radical (unpaired) electrons. The fourth-order valence-electron chi connectivity index (χ4n) is 2.46. The van der Waals surface area contributed by atoms with Crippen molar-refractivity contribution >= 4 is 23.3 Å². The lowest BCUT2D eigenvalue weighted by molar-refractivity contribution is -0.127. The van der Waals surface area contributed by atoms with E-state index in [9.17, 15) is 9.59 Å². The summed E-state index contributed by atoms with van der Waals surface area (Å²) < 4.78 is 0. The molecule has 1 amide bonds. The fraction of sp³-hybridized carbons (Fsp3) is 0.286. The van der Waals surface area contributed by atoms with Crippen LogP contribution in [0.2, 0.25) is 5.02 Å². The van der Waals surface area contributed by atoms with E-state index in [0.717, 1.165) is 13.0 Å². The molecule has 3 rings (SSSR count). The molecule has 1 aromatic rings. The summed E-state index contributed by atoms with van der Waals surface area (Å²) in [6, 6.07) is 6.74. The Kier molecular flexibility index (Phi) is 3.03. The number of hydrogen-bond donors (Lipinski definition) is 1. The predicted molar refractivity (Wildman–Crippen MR) is 71.8 cm³/mol. The van der Waals surface area contributed by atoms with Crippen molar-refractivity contribution in [2.24, 2.45) is 0 Å². The van der Waals surface area contributed by atoms with Crippen LogP contribution in [-0.4, -0.2) is 29.7 Å². The first-order valence-corrected chi connectivity index (χ1v) is 6.62. The second-order valence-electron chi connectivity index (χ2n) is 4.67. The number of nitrogens with one attached hydrogen (secondary N) is 1. The molecule has 1 aromatic carbocycles. The van der Waals surface area contributed by atoms with Gasteiger partial charge in [-0.3, -0.25) is 14.5 Å². The van der Waals surface area contributed by atoms with Gasteiger partial charge in [0.2, 0.25) is 5.91 Å². The Morgan fingerprint density at radius 3 is 2.74 bits per heavy atom. The van der Waals surface area contributed by atoms with Gasteiger partial charge in [0.25, 0.3) is 0 Å². The Labute approximate surface area is 116 Å². The number of amides is 1. The van der Waals surface area contributed by atoms with Gasteiger partial charge in [0.1, 0.15) is 5.82 Å². The molecule has 2 aliphatic rings. The van der Waals surface area contributed by atoms with Crippen LogP contribution in [-0.2, 0) is 4.79 Å². The highest BCUT2D eigenvalue weighted by Gasteiger charge is 2.35. The number of rotatable bonds is 2. The smallest absolute Gasteiger partial charge is 0.232 e. The van der Waals surface area contributed by atoms with Crippen molar-refractivity contribution in [1.82, 2.24) is 10.2 Å². The van der Waals surface area contributed by atoms with Crippen LogP contribution in [0.5, 0.6) is 0 Å². The molecule has 0 bridgehead atoms. The summed E-state index contributed by atoms with van der Waals surface area (Å²) >= 11 is 5.81. The van der Waals surface area contributed by atoms with Gasteiger partial charge < -0.3 is 5.32 Å². The number of ketones is 1. The maximum absolute atomic E-state index is 12.4. The second kappa shape index (κ2) is 4.70. The molecule has 1 fully saturated rings. The maximum Gasteiger partial charge on any atom is 0.232 e. The SMILES string of the molecule is O=C(C1=C2NCCCN2C(=O)C1)c1ccc(Cl)cc1. The molecule has 19 heavy (non-hydrogen) atoms. The van der Waals surface area contributed by atoms with E-state index >= 15 is 0 Å². The normalized spacial score (nSPS) is 18.4. The molecular formula is C14H13ClN2O2. The van der Waals surface area contributed by atoms with Crippen molar-refractivity contribution in [3.63, 3.8) is 0 Å². The summed E-state index contributed by atoms with van der Waals surface area (Å²) in [7, 11) is 0. The number of carbonyl (C=O) groups is 2. The lowest BCUT2D eigenvalue weighted by Gasteiger charge is -2.26. The molecule has 5 heteroatoms. The zero-order valence-corrected chi connectivity index (χ0v) is 11.0. The number of benzene rings is 1. The molecule has 0 atom stereocenters. The predicted octanol–water partition coefficient (Wildman–Crippen LogP) is 1.96. The highest BCUT2D eigenvalue weighted by Crippen LogP contribution is 2.27. The summed E-state index contributed by atoms with van der Waals surface area (Å²) in [5.41, 5.74) is 1.13. The Morgan fingerprint density at radius 1 is 1.26 bits per heavy atom. The van der Waals surface area contributed by atoms with Crippen molar-refractivity contribution in [3.05, 3.63) is 46.2 Å². The minimum absolute atomic E-state index is 0.000450. The molecule has 1 N–H and O–H groups in total. The summed E-state index contributed by atoms with van der Waals surface area (Å²) in [5.74, 6) is 0.590. The minimum atomic E-state index is -0.100. The molecule has 0 unspecified atom stereocenters. The lowest BCUT2D eigenvalue weighted by Crippen LogP contribution is -2.39. The third-order valence-electron chi connectivity index (χ3n) is 3.42. The van der Waals surface area contributed by atoms with E-state index in [4.69, 9.17) is 11.6 Å². The largest absolute Gasteiger partial charge is 0.371 e. The van der Waals surface area contributed by atoms with Crippen LogP contribution in [0.3, 0.4) is 0 Å². The molecule has 2 heterocycles. The quantitative estimate of drug-likeness (QED) is 0.840. The van der Waals surface area contributed by atoms with Crippen molar-refractivity contribution in [2.45, 2.75) is 12.8 Å². The van der Waals surface area contributed by atoms with Gasteiger partial charge in [0, 0.05) is 23.7 Å². The molecule has 1 saturated heterocycles. The summed E-state index contributed by atoms with van der Waals surface area (Å²) in [5, 5.41) is 3.75. The zero-order chi connectivity index (χ0) is 13.4. The van der Waals surface area contributed by atoms with Gasteiger partial charge in [-0.25, -0.2) is 0 Å². The summed E-state index contributed by atoms with van der Waals surface area (Å²) in [6.45, 7) is 1.50. The Bertz CT molecular complexity index is 578. The van der Waals surface area contributed by atoms with Crippen LogP contribution < -0.4 is 5.32 Å². The zero-order valence-electron chi connectivity index (χ0n) is 10.3. The lowest BCUT2D eigenvalue weighted by atomic mass is 10.0. The third kappa shape index (κ3) is 2.12. The number of halogens is 1. The Balaban J connectivity index is 1.95. The topological polar surface area (TPSA) is 49.4 Å². The Hall–Kier alpha value is -1.81. The average molecular weight is 277 g/mol. The van der Waals surface area contributed by atoms with E-state index in [1.165, 1.54) is 0 Å². The van der Waals surface area contributed by atoms with Crippen LogP contribution in [0.1, 0.15) is 23.2 Å². The number of nitrogens with zero attached hydrogens (tertiary/aromatic N) is 1. The molecule has 0 aromatic heterocycles. The molecule has 4 nitrogen and oxygen atoms in total. The van der Waals surface area contributed by atoms with Gasteiger partial charge >= 0.3 is 0 Å². The van der Waals surface area contributed by atoms with Crippen molar-refractivity contribution in [2.75, 3.05) is 13.1 Å². The Morgan fingerprint density at radius 2 is 2.00 bits per heavy atom. The van der Waals surface area contributed by atoms with E-state index in [1.807, 2.05) is 0 Å². The first-order chi connectivity index (χ1) is 9.16. The van der Waals surface area contributed by atoms with Gasteiger partial charge in [0.15, 0.2) is 5.78 Å². The molecule has 2 aliphatic heterocycles. The minimum Gasteiger partial charge on any atom is -0.371 e. The van der Waals surface area contributed by atoms with Gasteiger partial charge in [-0.2, -0.15) is 0 Å². The van der Waals surface area contributed by atoms with Crippen LogP contribution in [0.4, 0.5) is 0 Å². The van der Waals surface area contributed by atoms with Crippen molar-refractivity contribution < 1.29 is 9.59 Å². The average Bonchev–Trinajstić information content (AvgIpc) is 2.77. The van der Waals surface area contributed by atoms with E-state index in [1.54, 1.807) is 29.2 Å². The van der Waals surface area contributed by atoms with Gasteiger partial charge in [-0.1, -0.05) is 11.6 Å². The van der Waals surface area contributed by atoms with E-state index < -0.39 is 0 Å². The maximum atomic E-state index is 12.4. The molecule has 0 aliphatic carbocycles. The fourth-order valence-corrected chi connectivity index (χ4v) is 2.59. The number of carbonyl (C=O) groups excluding carboxylic acids is 2. The third-order valence-corrected chi connectivity index (χ3v) is 3.67. The van der Waals surface area contributed by atoms with Crippen LogP contribution >= 0.6 is 11.6 Å².